The predicted molar refractivity (Wildman–Crippen MR) is 99.0 cm³/mol. The third-order valence-electron chi connectivity index (χ3n) is 4.23. The number of amides is 1. The number of hydrogen-bond donors (Lipinski definition) is 2. The second-order valence-electron chi connectivity index (χ2n) is 6.33. The van der Waals surface area contributed by atoms with Crippen molar-refractivity contribution in [1.29, 1.82) is 0 Å². The zero-order chi connectivity index (χ0) is 18.2. The number of carbonyl (C=O) groups is 1. The van der Waals surface area contributed by atoms with Gasteiger partial charge in [0.2, 0.25) is 5.91 Å². The van der Waals surface area contributed by atoms with Gasteiger partial charge in [-0.15, -0.1) is 0 Å². The first-order valence-electron chi connectivity index (χ1n) is 8.94. The van der Waals surface area contributed by atoms with Crippen molar-refractivity contribution >= 4 is 5.91 Å². The topological polar surface area (TPSA) is 72.5 Å². The molecular weight excluding hydrogens is 330 g/mol. The molecule has 2 aromatic rings. The van der Waals surface area contributed by atoms with Gasteiger partial charge >= 0.3 is 0 Å². The number of nitrogens with one attached hydrogen (secondary N) is 2. The highest BCUT2D eigenvalue weighted by Crippen LogP contribution is 2.28. The molecule has 1 aliphatic carbocycles. The summed E-state index contributed by atoms with van der Waals surface area (Å²) in [7, 11) is 1.65. The van der Waals surface area contributed by atoms with Gasteiger partial charge in [-0.25, -0.2) is 0 Å². The summed E-state index contributed by atoms with van der Waals surface area (Å²) in [5.74, 6) is 2.01. The van der Waals surface area contributed by atoms with Crippen molar-refractivity contribution in [1.82, 2.24) is 15.6 Å². The molecule has 1 saturated carbocycles. The first-order chi connectivity index (χ1) is 12.8. The standard InChI is InChI=1S/C20H25N3O3/c1-25-18-7-8-19(26-14-17-4-2-3-9-22-17)16(12-18)13-21-10-11-23-20(24)15-5-6-15/h2-4,7-9,12,15,21H,5-6,10-11,13-14H2,1H3,(H,23,24). The van der Waals surface area contributed by atoms with E-state index in [0.717, 1.165) is 35.6 Å². The Morgan fingerprint density at radius 3 is 2.85 bits per heavy atom. The summed E-state index contributed by atoms with van der Waals surface area (Å²) in [6.07, 6.45) is 3.81. The van der Waals surface area contributed by atoms with E-state index in [-0.39, 0.29) is 11.8 Å². The molecule has 1 aliphatic rings. The summed E-state index contributed by atoms with van der Waals surface area (Å²) in [5.41, 5.74) is 1.89. The first kappa shape index (κ1) is 18.2. The Bertz CT molecular complexity index is 717. The molecule has 0 saturated heterocycles. The number of pyridine rings is 1. The highest BCUT2D eigenvalue weighted by atomic mass is 16.5. The van der Waals surface area contributed by atoms with Crippen LogP contribution in [0, 0.1) is 5.92 Å². The molecule has 6 nitrogen and oxygen atoms in total. The van der Waals surface area contributed by atoms with Crippen LogP contribution in [0.3, 0.4) is 0 Å². The average Bonchev–Trinajstić information content (AvgIpc) is 3.52. The van der Waals surface area contributed by atoms with Crippen molar-refractivity contribution in [3.8, 4) is 11.5 Å². The van der Waals surface area contributed by atoms with Crippen LogP contribution in [-0.2, 0) is 17.9 Å². The van der Waals surface area contributed by atoms with Gasteiger partial charge in [-0.1, -0.05) is 6.07 Å². The normalized spacial score (nSPS) is 13.3. The molecule has 1 aromatic heterocycles. The third-order valence-corrected chi connectivity index (χ3v) is 4.23. The minimum Gasteiger partial charge on any atom is -0.497 e. The van der Waals surface area contributed by atoms with Gasteiger partial charge in [-0.05, 0) is 43.2 Å². The quantitative estimate of drug-likeness (QED) is 0.640. The van der Waals surface area contributed by atoms with E-state index in [9.17, 15) is 4.79 Å². The van der Waals surface area contributed by atoms with Gasteiger partial charge in [0.05, 0.1) is 12.8 Å². The van der Waals surface area contributed by atoms with Crippen LogP contribution in [0.1, 0.15) is 24.1 Å². The third kappa shape index (κ3) is 5.46. The molecule has 1 heterocycles. The average molecular weight is 355 g/mol. The molecule has 2 N–H and O–H groups in total. The second-order valence-corrected chi connectivity index (χ2v) is 6.33. The fourth-order valence-corrected chi connectivity index (χ4v) is 2.58. The van der Waals surface area contributed by atoms with E-state index in [0.29, 0.717) is 26.2 Å². The highest BCUT2D eigenvalue weighted by molar-refractivity contribution is 5.80. The number of nitrogens with zero attached hydrogens (tertiary/aromatic N) is 1. The van der Waals surface area contributed by atoms with Crippen LogP contribution in [0.25, 0.3) is 0 Å². The van der Waals surface area contributed by atoms with Crippen molar-refractivity contribution < 1.29 is 14.3 Å². The lowest BCUT2D eigenvalue weighted by Gasteiger charge is -2.14. The zero-order valence-corrected chi connectivity index (χ0v) is 15.0. The Balaban J connectivity index is 1.51. The van der Waals surface area contributed by atoms with Gasteiger partial charge in [0.1, 0.15) is 18.1 Å². The summed E-state index contributed by atoms with van der Waals surface area (Å²) in [4.78, 5) is 15.9. The molecule has 1 amide bonds. The van der Waals surface area contributed by atoms with Crippen LogP contribution in [0.5, 0.6) is 11.5 Å². The maximum Gasteiger partial charge on any atom is 0.223 e. The molecule has 0 unspecified atom stereocenters. The lowest BCUT2D eigenvalue weighted by molar-refractivity contribution is -0.122. The molecular formula is C20H25N3O3. The van der Waals surface area contributed by atoms with Crippen molar-refractivity contribution in [3.05, 3.63) is 53.9 Å². The van der Waals surface area contributed by atoms with Crippen LogP contribution in [0.15, 0.2) is 42.6 Å². The number of carbonyl (C=O) groups excluding carboxylic acids is 1. The summed E-state index contributed by atoms with van der Waals surface area (Å²) >= 11 is 0. The van der Waals surface area contributed by atoms with E-state index in [1.165, 1.54) is 0 Å². The molecule has 0 spiro atoms. The van der Waals surface area contributed by atoms with Crippen molar-refractivity contribution in [2.75, 3.05) is 20.2 Å². The minimum atomic E-state index is 0.174. The van der Waals surface area contributed by atoms with Crippen molar-refractivity contribution in [2.45, 2.75) is 26.0 Å². The minimum absolute atomic E-state index is 0.174. The van der Waals surface area contributed by atoms with Gasteiger partial charge in [0.15, 0.2) is 0 Å². The van der Waals surface area contributed by atoms with Crippen LogP contribution >= 0.6 is 0 Å². The van der Waals surface area contributed by atoms with E-state index in [2.05, 4.69) is 15.6 Å². The molecule has 1 fully saturated rings. The number of aromatic nitrogens is 1. The summed E-state index contributed by atoms with van der Waals surface area (Å²) in [6.45, 7) is 2.38. The maximum atomic E-state index is 11.6. The predicted octanol–water partition coefficient (Wildman–Crippen LogP) is 2.29. The maximum absolute atomic E-state index is 11.6. The Morgan fingerprint density at radius 2 is 2.12 bits per heavy atom. The monoisotopic (exact) mass is 355 g/mol. The number of ether oxygens (including phenoxy) is 2. The fraction of sp³-hybridized carbons (Fsp3) is 0.400. The second kappa shape index (κ2) is 9.20. The van der Waals surface area contributed by atoms with E-state index < -0.39 is 0 Å². The molecule has 6 heteroatoms. The molecule has 0 bridgehead atoms. The van der Waals surface area contributed by atoms with E-state index >= 15 is 0 Å². The van der Waals surface area contributed by atoms with Crippen molar-refractivity contribution in [3.63, 3.8) is 0 Å². The van der Waals surface area contributed by atoms with Crippen LogP contribution in [0.4, 0.5) is 0 Å². The highest BCUT2D eigenvalue weighted by Gasteiger charge is 2.28. The fourth-order valence-electron chi connectivity index (χ4n) is 2.58. The summed E-state index contributed by atoms with van der Waals surface area (Å²) < 4.78 is 11.2. The summed E-state index contributed by atoms with van der Waals surface area (Å²) in [6, 6.07) is 11.5. The molecule has 1 aromatic carbocycles. The van der Waals surface area contributed by atoms with E-state index in [4.69, 9.17) is 9.47 Å². The Morgan fingerprint density at radius 1 is 1.23 bits per heavy atom. The smallest absolute Gasteiger partial charge is 0.223 e. The van der Waals surface area contributed by atoms with Gasteiger partial charge < -0.3 is 20.1 Å². The number of rotatable bonds is 10. The van der Waals surface area contributed by atoms with Gasteiger partial charge in [0.25, 0.3) is 0 Å². The number of methoxy groups -OCH3 is 1. The van der Waals surface area contributed by atoms with Crippen molar-refractivity contribution in [2.24, 2.45) is 5.92 Å². The van der Waals surface area contributed by atoms with E-state index in [1.54, 1.807) is 13.3 Å². The Labute approximate surface area is 153 Å². The van der Waals surface area contributed by atoms with E-state index in [1.807, 2.05) is 36.4 Å². The van der Waals surface area contributed by atoms with Crippen LogP contribution < -0.4 is 20.1 Å². The Hall–Kier alpha value is -2.60. The molecule has 26 heavy (non-hydrogen) atoms. The first-order valence-corrected chi connectivity index (χ1v) is 8.94. The van der Waals surface area contributed by atoms with Gasteiger partial charge in [-0.3, -0.25) is 9.78 Å². The van der Waals surface area contributed by atoms with Gasteiger partial charge in [-0.2, -0.15) is 0 Å². The zero-order valence-electron chi connectivity index (χ0n) is 15.0. The molecule has 0 atom stereocenters. The molecule has 3 rings (SSSR count). The Kier molecular flexibility index (Phi) is 6.44. The summed E-state index contributed by atoms with van der Waals surface area (Å²) in [5, 5.41) is 6.29. The van der Waals surface area contributed by atoms with Gasteiger partial charge in [0, 0.05) is 37.3 Å². The van der Waals surface area contributed by atoms with Crippen LogP contribution in [-0.4, -0.2) is 31.1 Å². The number of benzene rings is 1. The molecule has 138 valence electrons. The van der Waals surface area contributed by atoms with Crippen LogP contribution in [0.2, 0.25) is 0 Å². The lowest BCUT2D eigenvalue weighted by Crippen LogP contribution is -2.32. The number of hydrogen-bond acceptors (Lipinski definition) is 5. The SMILES string of the molecule is COc1ccc(OCc2ccccn2)c(CNCCNC(=O)C2CC2)c1. The molecule has 0 aliphatic heterocycles. The molecule has 0 radical (unpaired) electrons. The lowest BCUT2D eigenvalue weighted by atomic mass is 10.2. The largest absolute Gasteiger partial charge is 0.497 e.